The Bertz CT molecular complexity index is 721. The summed E-state index contributed by atoms with van der Waals surface area (Å²) in [6.07, 6.45) is 0. The van der Waals surface area contributed by atoms with Crippen LogP contribution >= 0.6 is 0 Å². The predicted molar refractivity (Wildman–Crippen MR) is 83.9 cm³/mol. The second-order valence-electron chi connectivity index (χ2n) is 5.42. The van der Waals surface area contributed by atoms with E-state index in [1.807, 2.05) is 30.1 Å². The molecule has 2 aromatic carbocycles. The Kier molecular flexibility index (Phi) is 4.43. The first-order valence-corrected chi connectivity index (χ1v) is 7.22. The molecule has 0 bridgehead atoms. The highest BCUT2D eigenvalue weighted by atomic mass is 19.1. The van der Waals surface area contributed by atoms with Gasteiger partial charge >= 0.3 is 0 Å². The molecular formula is C17H17FN2O3. The van der Waals surface area contributed by atoms with Crippen molar-refractivity contribution < 1.29 is 18.7 Å². The standard InChI is InChI=1S/C17H17FN2O3/c1-20(9-12-5-6-15-16(7-12)23-11-22-15)10-17(21)19-14-4-2-3-13(18)8-14/h2-8H,9-11H2,1H3,(H,19,21). The molecule has 0 aliphatic carbocycles. The number of rotatable bonds is 5. The van der Waals surface area contributed by atoms with Gasteiger partial charge in [-0.15, -0.1) is 0 Å². The molecule has 1 amide bonds. The summed E-state index contributed by atoms with van der Waals surface area (Å²) in [5.74, 6) is 0.885. The molecule has 0 radical (unpaired) electrons. The molecule has 0 saturated carbocycles. The normalized spacial score (nSPS) is 12.5. The van der Waals surface area contributed by atoms with E-state index in [0.717, 1.165) is 17.1 Å². The zero-order chi connectivity index (χ0) is 16.2. The Morgan fingerprint density at radius 1 is 1.22 bits per heavy atom. The molecule has 0 spiro atoms. The van der Waals surface area contributed by atoms with Crippen LogP contribution in [0.5, 0.6) is 11.5 Å². The maximum absolute atomic E-state index is 13.1. The lowest BCUT2D eigenvalue weighted by molar-refractivity contribution is -0.117. The number of carbonyl (C=O) groups is 1. The van der Waals surface area contributed by atoms with Crippen LogP contribution in [0.15, 0.2) is 42.5 Å². The zero-order valence-corrected chi connectivity index (χ0v) is 12.7. The van der Waals surface area contributed by atoms with Crippen molar-refractivity contribution >= 4 is 11.6 Å². The van der Waals surface area contributed by atoms with E-state index in [0.29, 0.717) is 12.2 Å². The van der Waals surface area contributed by atoms with E-state index >= 15 is 0 Å². The number of hydrogen-bond donors (Lipinski definition) is 1. The van der Waals surface area contributed by atoms with Gasteiger partial charge in [-0.3, -0.25) is 9.69 Å². The molecule has 1 N–H and O–H groups in total. The number of fused-ring (bicyclic) bond motifs is 1. The fourth-order valence-corrected chi connectivity index (χ4v) is 2.42. The highest BCUT2D eigenvalue weighted by molar-refractivity contribution is 5.92. The van der Waals surface area contributed by atoms with Gasteiger partial charge in [0.1, 0.15) is 5.82 Å². The third-order valence-corrected chi connectivity index (χ3v) is 3.41. The minimum Gasteiger partial charge on any atom is -0.454 e. The fraction of sp³-hybridized carbons (Fsp3) is 0.235. The van der Waals surface area contributed by atoms with Gasteiger partial charge in [0.25, 0.3) is 0 Å². The Balaban J connectivity index is 1.54. The van der Waals surface area contributed by atoms with Crippen LogP contribution in [-0.2, 0) is 11.3 Å². The van der Waals surface area contributed by atoms with Gasteiger partial charge in [0.05, 0.1) is 6.54 Å². The SMILES string of the molecule is CN(CC(=O)Nc1cccc(F)c1)Cc1ccc2c(c1)OCO2. The van der Waals surface area contributed by atoms with Crippen molar-refractivity contribution in [1.29, 1.82) is 0 Å². The van der Waals surface area contributed by atoms with Crippen LogP contribution in [-0.4, -0.2) is 31.2 Å². The van der Waals surface area contributed by atoms with Gasteiger partial charge in [0.15, 0.2) is 11.5 Å². The van der Waals surface area contributed by atoms with Gasteiger partial charge in [-0.05, 0) is 42.9 Å². The van der Waals surface area contributed by atoms with E-state index in [1.165, 1.54) is 12.1 Å². The Morgan fingerprint density at radius 3 is 2.87 bits per heavy atom. The fourth-order valence-electron chi connectivity index (χ4n) is 2.42. The average molecular weight is 316 g/mol. The summed E-state index contributed by atoms with van der Waals surface area (Å²) in [4.78, 5) is 13.9. The summed E-state index contributed by atoms with van der Waals surface area (Å²) in [5.41, 5.74) is 1.47. The van der Waals surface area contributed by atoms with E-state index in [1.54, 1.807) is 12.1 Å². The van der Waals surface area contributed by atoms with Crippen molar-refractivity contribution in [1.82, 2.24) is 4.90 Å². The second-order valence-corrected chi connectivity index (χ2v) is 5.42. The smallest absolute Gasteiger partial charge is 0.238 e. The molecule has 0 saturated heterocycles. The molecule has 5 nitrogen and oxygen atoms in total. The molecule has 3 rings (SSSR count). The van der Waals surface area contributed by atoms with Crippen molar-refractivity contribution in [2.45, 2.75) is 6.54 Å². The van der Waals surface area contributed by atoms with Crippen molar-refractivity contribution in [2.75, 3.05) is 25.7 Å². The Labute approximate surface area is 133 Å². The number of carbonyl (C=O) groups excluding carboxylic acids is 1. The van der Waals surface area contributed by atoms with E-state index in [-0.39, 0.29) is 25.1 Å². The molecule has 0 atom stereocenters. The van der Waals surface area contributed by atoms with Crippen molar-refractivity contribution in [3.8, 4) is 11.5 Å². The van der Waals surface area contributed by atoms with E-state index in [9.17, 15) is 9.18 Å². The highest BCUT2D eigenvalue weighted by Crippen LogP contribution is 2.32. The van der Waals surface area contributed by atoms with E-state index in [2.05, 4.69) is 5.32 Å². The topological polar surface area (TPSA) is 50.8 Å². The molecule has 1 aliphatic rings. The predicted octanol–water partition coefficient (Wildman–Crippen LogP) is 2.62. The van der Waals surface area contributed by atoms with Gasteiger partial charge in [0, 0.05) is 12.2 Å². The minimum atomic E-state index is -0.378. The molecule has 120 valence electrons. The van der Waals surface area contributed by atoms with Crippen LogP contribution in [0.25, 0.3) is 0 Å². The van der Waals surface area contributed by atoms with Crippen molar-refractivity contribution in [3.05, 3.63) is 53.8 Å². The number of nitrogens with one attached hydrogen (secondary N) is 1. The summed E-state index contributed by atoms with van der Waals surface area (Å²) < 4.78 is 23.7. The molecule has 0 fully saturated rings. The Morgan fingerprint density at radius 2 is 2.04 bits per heavy atom. The molecule has 23 heavy (non-hydrogen) atoms. The van der Waals surface area contributed by atoms with Crippen LogP contribution in [0.2, 0.25) is 0 Å². The maximum Gasteiger partial charge on any atom is 0.238 e. The van der Waals surface area contributed by atoms with Crippen LogP contribution in [0.1, 0.15) is 5.56 Å². The third-order valence-electron chi connectivity index (χ3n) is 3.41. The van der Waals surface area contributed by atoms with Gasteiger partial charge in [-0.2, -0.15) is 0 Å². The number of hydrogen-bond acceptors (Lipinski definition) is 4. The molecule has 6 heteroatoms. The molecule has 1 heterocycles. The summed E-state index contributed by atoms with van der Waals surface area (Å²) in [6.45, 7) is 1.03. The summed E-state index contributed by atoms with van der Waals surface area (Å²) in [6, 6.07) is 11.5. The molecule has 1 aliphatic heterocycles. The minimum absolute atomic E-state index is 0.196. The molecule has 0 unspecified atom stereocenters. The Hall–Kier alpha value is -2.60. The van der Waals surface area contributed by atoms with Crippen LogP contribution in [0, 0.1) is 5.82 Å². The van der Waals surface area contributed by atoms with Crippen molar-refractivity contribution in [3.63, 3.8) is 0 Å². The third kappa shape index (κ3) is 3.98. The largest absolute Gasteiger partial charge is 0.454 e. The number of anilines is 1. The van der Waals surface area contributed by atoms with E-state index < -0.39 is 0 Å². The maximum atomic E-state index is 13.1. The second kappa shape index (κ2) is 6.66. The average Bonchev–Trinajstić information content (AvgIpc) is 2.94. The monoisotopic (exact) mass is 316 g/mol. The summed E-state index contributed by atoms with van der Waals surface area (Å²) in [5, 5.41) is 2.68. The lowest BCUT2D eigenvalue weighted by Crippen LogP contribution is -2.29. The number of nitrogens with zero attached hydrogens (tertiary/aromatic N) is 1. The molecule has 0 aromatic heterocycles. The molecular weight excluding hydrogens is 299 g/mol. The lowest BCUT2D eigenvalue weighted by Gasteiger charge is -2.16. The first kappa shape index (κ1) is 15.3. The number of likely N-dealkylation sites (N-methyl/N-ethyl adjacent to an activating group) is 1. The number of ether oxygens (including phenoxy) is 2. The van der Waals surface area contributed by atoms with E-state index in [4.69, 9.17) is 9.47 Å². The van der Waals surface area contributed by atoms with Gasteiger partial charge in [-0.1, -0.05) is 12.1 Å². The lowest BCUT2D eigenvalue weighted by atomic mass is 10.2. The first-order chi connectivity index (χ1) is 11.1. The van der Waals surface area contributed by atoms with Crippen LogP contribution in [0.3, 0.4) is 0 Å². The molecule has 2 aromatic rings. The van der Waals surface area contributed by atoms with Crippen LogP contribution < -0.4 is 14.8 Å². The zero-order valence-electron chi connectivity index (χ0n) is 12.7. The number of halogens is 1. The summed E-state index contributed by atoms with van der Waals surface area (Å²) in [7, 11) is 1.84. The highest BCUT2D eigenvalue weighted by Gasteiger charge is 2.14. The van der Waals surface area contributed by atoms with Crippen LogP contribution in [0.4, 0.5) is 10.1 Å². The quantitative estimate of drug-likeness (QED) is 0.921. The summed E-state index contributed by atoms with van der Waals surface area (Å²) >= 11 is 0. The number of amides is 1. The van der Waals surface area contributed by atoms with Gasteiger partial charge in [-0.25, -0.2) is 4.39 Å². The van der Waals surface area contributed by atoms with Gasteiger partial charge in [0.2, 0.25) is 12.7 Å². The number of benzene rings is 2. The van der Waals surface area contributed by atoms with Gasteiger partial charge < -0.3 is 14.8 Å². The first-order valence-electron chi connectivity index (χ1n) is 7.22. The van der Waals surface area contributed by atoms with Crippen molar-refractivity contribution in [2.24, 2.45) is 0 Å².